The first-order valence-electron chi connectivity index (χ1n) is 9.07. The van der Waals surface area contributed by atoms with Crippen molar-refractivity contribution in [1.29, 1.82) is 0 Å². The molecule has 0 aliphatic heterocycles. The molecule has 1 unspecified atom stereocenters. The summed E-state index contributed by atoms with van der Waals surface area (Å²) >= 11 is 6.07. The maximum absolute atomic E-state index is 12.4. The zero-order chi connectivity index (χ0) is 20.7. The van der Waals surface area contributed by atoms with Crippen LogP contribution in [0.4, 0.5) is 5.69 Å². The number of para-hydroxylation sites is 1. The van der Waals surface area contributed by atoms with Crippen LogP contribution in [-0.2, 0) is 9.59 Å². The van der Waals surface area contributed by atoms with E-state index in [0.29, 0.717) is 22.2 Å². The minimum Gasteiger partial charge on any atom is -0.455 e. The molecule has 7 heteroatoms. The lowest BCUT2D eigenvalue weighted by molar-refractivity contribution is -0.862. The van der Waals surface area contributed by atoms with Gasteiger partial charge in [-0.15, -0.1) is 0 Å². The normalized spacial score (nSPS) is 12.2. The lowest BCUT2D eigenvalue weighted by atomic mass is 10.1. The van der Waals surface area contributed by atoms with E-state index in [1.54, 1.807) is 25.2 Å². The van der Waals surface area contributed by atoms with E-state index in [9.17, 15) is 9.59 Å². The second-order valence-electron chi connectivity index (χ2n) is 7.71. The third-order valence-electron chi connectivity index (χ3n) is 3.63. The number of quaternary nitrogens is 1. The average molecular weight is 405 g/mol. The second kappa shape index (κ2) is 9.57. The summed E-state index contributed by atoms with van der Waals surface area (Å²) in [5.41, 5.74) is 0.178. The van der Waals surface area contributed by atoms with Gasteiger partial charge in [0.25, 0.3) is 11.8 Å². The van der Waals surface area contributed by atoms with Gasteiger partial charge in [-0.1, -0.05) is 29.8 Å². The molecule has 0 fully saturated rings. The molecule has 1 atom stereocenters. The topological polar surface area (TPSA) is 71.9 Å². The Bertz CT molecular complexity index is 819. The van der Waals surface area contributed by atoms with Crippen LogP contribution in [0.3, 0.4) is 0 Å². The molecule has 0 aliphatic rings. The van der Waals surface area contributed by atoms with Gasteiger partial charge in [-0.05, 0) is 51.1 Å². The number of amides is 2. The van der Waals surface area contributed by atoms with Crippen LogP contribution in [0.5, 0.6) is 11.5 Å². The molecule has 2 aromatic rings. The standard InChI is InChI=1S/C21H26ClN3O3/c1-21(2,3)24-20(27)14-25(4)13-19(26)23-17-12-15(22)10-11-18(17)28-16-8-6-5-7-9-16/h5-12H,13-14H2,1-4H3,(H,23,26)(H,24,27)/p+1. The molecule has 0 aliphatic carbocycles. The number of benzene rings is 2. The Kier molecular flexibility index (Phi) is 7.43. The molecule has 2 rings (SSSR count). The van der Waals surface area contributed by atoms with Crippen molar-refractivity contribution in [3.63, 3.8) is 0 Å². The maximum Gasteiger partial charge on any atom is 0.279 e. The minimum absolute atomic E-state index is 0.103. The molecule has 0 spiro atoms. The number of carbonyl (C=O) groups excluding carboxylic acids is 2. The lowest BCUT2D eigenvalue weighted by Gasteiger charge is -2.21. The smallest absolute Gasteiger partial charge is 0.279 e. The van der Waals surface area contributed by atoms with Crippen LogP contribution in [0.25, 0.3) is 0 Å². The van der Waals surface area contributed by atoms with Gasteiger partial charge < -0.3 is 20.3 Å². The summed E-state index contributed by atoms with van der Waals surface area (Å²) in [5.74, 6) is 0.809. The highest BCUT2D eigenvalue weighted by Gasteiger charge is 2.19. The van der Waals surface area contributed by atoms with E-state index in [-0.39, 0.29) is 30.4 Å². The first kappa shape index (κ1) is 21.7. The quantitative estimate of drug-likeness (QED) is 0.664. The molecule has 0 saturated heterocycles. The molecule has 0 heterocycles. The number of nitrogens with one attached hydrogen (secondary N) is 3. The first-order chi connectivity index (χ1) is 13.1. The van der Waals surface area contributed by atoms with Gasteiger partial charge in [0.2, 0.25) is 0 Å². The fourth-order valence-electron chi connectivity index (χ4n) is 2.57. The summed E-state index contributed by atoms with van der Waals surface area (Å²) in [4.78, 5) is 25.2. The van der Waals surface area contributed by atoms with E-state index in [0.717, 1.165) is 4.90 Å². The van der Waals surface area contributed by atoms with Crippen LogP contribution in [0.1, 0.15) is 20.8 Å². The van der Waals surface area contributed by atoms with E-state index < -0.39 is 0 Å². The molecule has 28 heavy (non-hydrogen) atoms. The zero-order valence-corrected chi connectivity index (χ0v) is 17.4. The Hall–Kier alpha value is -2.57. The predicted molar refractivity (Wildman–Crippen MR) is 111 cm³/mol. The van der Waals surface area contributed by atoms with Crippen molar-refractivity contribution in [2.45, 2.75) is 26.3 Å². The minimum atomic E-state index is -0.301. The van der Waals surface area contributed by atoms with Crippen molar-refractivity contribution in [3.05, 3.63) is 53.6 Å². The highest BCUT2D eigenvalue weighted by Crippen LogP contribution is 2.31. The summed E-state index contributed by atoms with van der Waals surface area (Å²) in [6, 6.07) is 14.3. The molecule has 6 nitrogen and oxygen atoms in total. The van der Waals surface area contributed by atoms with Gasteiger partial charge in [-0.2, -0.15) is 0 Å². The zero-order valence-electron chi connectivity index (χ0n) is 16.6. The molecular formula is C21H27ClN3O3+. The predicted octanol–water partition coefficient (Wildman–Crippen LogP) is 2.50. The van der Waals surface area contributed by atoms with Gasteiger partial charge in [0.1, 0.15) is 5.75 Å². The molecule has 3 N–H and O–H groups in total. The van der Waals surface area contributed by atoms with Gasteiger partial charge >= 0.3 is 0 Å². The summed E-state index contributed by atoms with van der Waals surface area (Å²) in [6.07, 6.45) is 0. The number of likely N-dealkylation sites (N-methyl/N-ethyl adjacent to an activating group) is 1. The van der Waals surface area contributed by atoms with E-state index >= 15 is 0 Å². The van der Waals surface area contributed by atoms with Crippen molar-refractivity contribution in [2.24, 2.45) is 0 Å². The van der Waals surface area contributed by atoms with E-state index in [1.165, 1.54) is 0 Å². The Balaban J connectivity index is 1.99. The van der Waals surface area contributed by atoms with E-state index in [1.807, 2.05) is 51.1 Å². The fourth-order valence-corrected chi connectivity index (χ4v) is 2.74. The molecule has 150 valence electrons. The summed E-state index contributed by atoms with van der Waals surface area (Å²) < 4.78 is 5.85. The van der Waals surface area contributed by atoms with Crippen LogP contribution >= 0.6 is 11.6 Å². The highest BCUT2D eigenvalue weighted by atomic mass is 35.5. The number of rotatable bonds is 7. The number of hydrogen-bond acceptors (Lipinski definition) is 3. The van der Waals surface area contributed by atoms with Crippen molar-refractivity contribution >= 4 is 29.1 Å². The van der Waals surface area contributed by atoms with Crippen LogP contribution < -0.4 is 20.3 Å². The number of hydrogen-bond donors (Lipinski definition) is 3. The maximum atomic E-state index is 12.4. The monoisotopic (exact) mass is 404 g/mol. The fraction of sp³-hybridized carbons (Fsp3) is 0.333. The van der Waals surface area contributed by atoms with Crippen molar-refractivity contribution in [3.8, 4) is 11.5 Å². The number of carbonyl (C=O) groups is 2. The van der Waals surface area contributed by atoms with Gasteiger partial charge in [0.15, 0.2) is 18.8 Å². The third-order valence-corrected chi connectivity index (χ3v) is 3.86. The SMILES string of the molecule is C[NH+](CC(=O)Nc1cc(Cl)ccc1Oc1ccccc1)CC(=O)NC(C)(C)C. The molecule has 0 aromatic heterocycles. The van der Waals surface area contributed by atoms with Gasteiger partial charge in [0.05, 0.1) is 12.7 Å². The van der Waals surface area contributed by atoms with Gasteiger partial charge in [-0.3, -0.25) is 9.59 Å². The highest BCUT2D eigenvalue weighted by molar-refractivity contribution is 6.31. The van der Waals surface area contributed by atoms with Crippen LogP contribution in [0.2, 0.25) is 5.02 Å². The lowest BCUT2D eigenvalue weighted by Crippen LogP contribution is -3.11. The molecular weight excluding hydrogens is 378 g/mol. The third kappa shape index (κ3) is 7.58. The molecule has 0 bridgehead atoms. The summed E-state index contributed by atoms with van der Waals surface area (Å²) in [5, 5.41) is 6.20. The van der Waals surface area contributed by atoms with Crippen molar-refractivity contribution < 1.29 is 19.2 Å². The molecule has 0 saturated carbocycles. The van der Waals surface area contributed by atoms with Crippen molar-refractivity contribution in [2.75, 3.05) is 25.5 Å². The van der Waals surface area contributed by atoms with Crippen LogP contribution in [-0.4, -0.2) is 37.5 Å². The number of ether oxygens (including phenoxy) is 1. The van der Waals surface area contributed by atoms with Gasteiger partial charge in [-0.25, -0.2) is 0 Å². The van der Waals surface area contributed by atoms with Gasteiger partial charge in [0, 0.05) is 10.6 Å². The molecule has 2 aromatic carbocycles. The first-order valence-corrected chi connectivity index (χ1v) is 9.45. The number of halogens is 1. The summed E-state index contributed by atoms with van der Waals surface area (Å²) in [7, 11) is 1.79. The average Bonchev–Trinajstić information content (AvgIpc) is 2.56. The van der Waals surface area contributed by atoms with Crippen LogP contribution in [0.15, 0.2) is 48.5 Å². The Morgan fingerprint density at radius 1 is 1.04 bits per heavy atom. The van der Waals surface area contributed by atoms with Crippen LogP contribution in [0, 0.1) is 0 Å². The second-order valence-corrected chi connectivity index (χ2v) is 8.15. The summed E-state index contributed by atoms with van der Waals surface area (Å²) in [6.45, 7) is 6.09. The van der Waals surface area contributed by atoms with Crippen molar-refractivity contribution in [1.82, 2.24) is 5.32 Å². The van der Waals surface area contributed by atoms with E-state index in [2.05, 4.69) is 10.6 Å². The molecule has 0 radical (unpaired) electrons. The Morgan fingerprint density at radius 2 is 1.68 bits per heavy atom. The largest absolute Gasteiger partial charge is 0.455 e. The van der Waals surface area contributed by atoms with E-state index in [4.69, 9.17) is 16.3 Å². The number of anilines is 1. The molecule has 2 amide bonds. The Labute approximate surface area is 170 Å². The Morgan fingerprint density at radius 3 is 2.32 bits per heavy atom.